The van der Waals surface area contributed by atoms with Crippen LogP contribution in [0.2, 0.25) is 0 Å². The van der Waals surface area contributed by atoms with Crippen LogP contribution in [0.25, 0.3) is 0 Å². The quantitative estimate of drug-likeness (QED) is 0.452. The minimum atomic E-state index is -1.31. The molecule has 0 aliphatic heterocycles. The molecule has 43 valence electrons. The van der Waals surface area contributed by atoms with Gasteiger partial charge in [0.05, 0.1) is 0 Å². The van der Waals surface area contributed by atoms with Crippen LogP contribution in [-0.4, -0.2) is 17.4 Å². The smallest absolute Gasteiger partial charge is 0.351 e. The summed E-state index contributed by atoms with van der Waals surface area (Å²) in [7, 11) is 0. The fourth-order valence-electron chi connectivity index (χ4n) is 0.125. The zero-order chi connectivity index (χ0) is 6.57. The van der Waals surface area contributed by atoms with Crippen molar-refractivity contribution >= 4 is 12.3 Å². The average Bonchev–Trinajstić information content (AvgIpc) is 1.67. The van der Waals surface area contributed by atoms with Gasteiger partial charge in [0.25, 0.3) is 0 Å². The molecule has 0 rings (SSSR count). The van der Waals surface area contributed by atoms with E-state index in [1.807, 2.05) is 0 Å². The zero-order valence-electron chi connectivity index (χ0n) is 3.92. The van der Waals surface area contributed by atoms with E-state index in [9.17, 15) is 9.59 Å². The standard InChI is InChI=1S/C4H4NO3/c5-3(1-2-6)4(7)8/h1H,5H2,(H,7,8). The summed E-state index contributed by atoms with van der Waals surface area (Å²) < 4.78 is 0. The van der Waals surface area contributed by atoms with Crippen molar-refractivity contribution in [3.63, 3.8) is 0 Å². The summed E-state index contributed by atoms with van der Waals surface area (Å²) >= 11 is 0. The first-order valence-corrected chi connectivity index (χ1v) is 1.75. The van der Waals surface area contributed by atoms with Crippen molar-refractivity contribution in [2.24, 2.45) is 5.73 Å². The Balaban J connectivity index is 3.99. The molecule has 0 aliphatic carbocycles. The highest BCUT2D eigenvalue weighted by Gasteiger charge is 1.97. The molecule has 0 saturated heterocycles. The van der Waals surface area contributed by atoms with Gasteiger partial charge >= 0.3 is 5.97 Å². The van der Waals surface area contributed by atoms with Crippen LogP contribution in [0.3, 0.4) is 0 Å². The van der Waals surface area contributed by atoms with Crippen molar-refractivity contribution in [2.45, 2.75) is 0 Å². The molecule has 0 heterocycles. The van der Waals surface area contributed by atoms with Crippen LogP contribution in [0, 0.1) is 0 Å². The maximum absolute atomic E-state index is 9.72. The maximum atomic E-state index is 9.72. The molecule has 0 spiro atoms. The van der Waals surface area contributed by atoms with Crippen LogP contribution in [0.15, 0.2) is 11.8 Å². The van der Waals surface area contributed by atoms with E-state index in [-0.39, 0.29) is 0 Å². The topological polar surface area (TPSA) is 80.4 Å². The summed E-state index contributed by atoms with van der Waals surface area (Å²) in [6, 6.07) is 0. The number of carbonyl (C=O) groups excluding carboxylic acids is 1. The number of hydrogen-bond donors (Lipinski definition) is 2. The molecule has 1 radical (unpaired) electrons. The maximum Gasteiger partial charge on any atom is 0.351 e. The lowest BCUT2D eigenvalue weighted by atomic mass is 10.4. The fraction of sp³-hybridized carbons (Fsp3) is 0. The Morgan fingerprint density at radius 1 is 1.75 bits per heavy atom. The number of carboxylic acids is 1. The van der Waals surface area contributed by atoms with Crippen LogP contribution in [0.4, 0.5) is 0 Å². The Morgan fingerprint density at radius 2 is 2.25 bits per heavy atom. The Bertz CT molecular complexity index is 138. The second-order valence-corrected chi connectivity index (χ2v) is 1.02. The van der Waals surface area contributed by atoms with Crippen molar-refractivity contribution < 1.29 is 14.7 Å². The lowest BCUT2D eigenvalue weighted by Gasteiger charge is -1.84. The molecule has 0 fully saturated rings. The number of carbonyl (C=O) groups is 1. The molecule has 0 saturated carbocycles. The van der Waals surface area contributed by atoms with Crippen molar-refractivity contribution in [2.75, 3.05) is 0 Å². The van der Waals surface area contributed by atoms with E-state index in [0.29, 0.717) is 6.08 Å². The van der Waals surface area contributed by atoms with Crippen LogP contribution in [0.1, 0.15) is 0 Å². The monoisotopic (exact) mass is 114 g/mol. The second-order valence-electron chi connectivity index (χ2n) is 1.02. The lowest BCUT2D eigenvalue weighted by molar-refractivity contribution is -0.132. The number of hydrogen-bond acceptors (Lipinski definition) is 3. The van der Waals surface area contributed by atoms with Gasteiger partial charge < -0.3 is 10.8 Å². The molecule has 0 aliphatic rings. The van der Waals surface area contributed by atoms with Crippen LogP contribution >= 0.6 is 0 Å². The first-order chi connectivity index (χ1) is 3.68. The highest BCUT2D eigenvalue weighted by Crippen LogP contribution is 1.77. The summed E-state index contributed by atoms with van der Waals surface area (Å²) in [5.74, 6) is -1.31. The van der Waals surface area contributed by atoms with Gasteiger partial charge in [0.2, 0.25) is 6.29 Å². The Morgan fingerprint density at radius 3 is 2.38 bits per heavy atom. The molecule has 0 aromatic rings. The third kappa shape index (κ3) is 1.96. The number of aliphatic carboxylic acids is 1. The molecular weight excluding hydrogens is 110 g/mol. The highest BCUT2D eigenvalue weighted by atomic mass is 16.4. The molecular formula is C4H4NO3. The first kappa shape index (κ1) is 6.68. The molecule has 0 atom stereocenters. The zero-order valence-corrected chi connectivity index (χ0v) is 3.92. The van der Waals surface area contributed by atoms with E-state index in [1.165, 1.54) is 6.29 Å². The molecule has 8 heavy (non-hydrogen) atoms. The minimum Gasteiger partial charge on any atom is -0.477 e. The summed E-state index contributed by atoms with van der Waals surface area (Å²) in [4.78, 5) is 19.1. The number of allylic oxidation sites excluding steroid dienone is 1. The van der Waals surface area contributed by atoms with Crippen molar-refractivity contribution in [3.05, 3.63) is 11.8 Å². The van der Waals surface area contributed by atoms with Gasteiger partial charge in [0.1, 0.15) is 5.70 Å². The molecule has 0 bridgehead atoms. The second kappa shape index (κ2) is 2.79. The predicted molar refractivity (Wildman–Crippen MR) is 25.6 cm³/mol. The minimum absolute atomic E-state index is 0.500. The lowest BCUT2D eigenvalue weighted by Crippen LogP contribution is -2.09. The summed E-state index contributed by atoms with van der Waals surface area (Å²) in [6.07, 6.45) is 1.89. The number of carboxylic acid groups (broad SMARTS) is 1. The van der Waals surface area contributed by atoms with Crippen LogP contribution in [-0.2, 0) is 9.59 Å². The van der Waals surface area contributed by atoms with E-state index >= 15 is 0 Å². The third-order valence-electron chi connectivity index (χ3n) is 0.461. The Hall–Kier alpha value is -1.32. The van der Waals surface area contributed by atoms with E-state index < -0.39 is 11.7 Å². The van der Waals surface area contributed by atoms with E-state index in [0.717, 1.165) is 0 Å². The summed E-state index contributed by atoms with van der Waals surface area (Å²) in [5.41, 5.74) is 4.23. The van der Waals surface area contributed by atoms with Crippen LogP contribution < -0.4 is 5.73 Å². The van der Waals surface area contributed by atoms with E-state index in [1.54, 1.807) is 0 Å². The molecule has 0 unspecified atom stereocenters. The van der Waals surface area contributed by atoms with Gasteiger partial charge in [-0.25, -0.2) is 4.79 Å². The van der Waals surface area contributed by atoms with Gasteiger partial charge in [-0.2, -0.15) is 0 Å². The molecule has 0 aromatic carbocycles. The van der Waals surface area contributed by atoms with E-state index in [4.69, 9.17) is 10.8 Å². The van der Waals surface area contributed by atoms with Gasteiger partial charge in [-0.1, -0.05) is 0 Å². The normalized spacial score (nSPS) is 10.8. The van der Waals surface area contributed by atoms with Gasteiger partial charge in [-0.05, 0) is 0 Å². The summed E-state index contributed by atoms with van der Waals surface area (Å²) in [6.45, 7) is 0. The van der Waals surface area contributed by atoms with Gasteiger partial charge in [-0.15, -0.1) is 0 Å². The van der Waals surface area contributed by atoms with Crippen molar-refractivity contribution in [3.8, 4) is 0 Å². The van der Waals surface area contributed by atoms with Gasteiger partial charge in [0, 0.05) is 6.08 Å². The van der Waals surface area contributed by atoms with E-state index in [2.05, 4.69) is 0 Å². The predicted octanol–water partition coefficient (Wildman–Crippen LogP) is -0.977. The Kier molecular flexibility index (Phi) is 2.33. The molecule has 0 amide bonds. The molecule has 4 nitrogen and oxygen atoms in total. The van der Waals surface area contributed by atoms with Crippen molar-refractivity contribution in [1.82, 2.24) is 0 Å². The highest BCUT2D eigenvalue weighted by molar-refractivity contribution is 5.90. The summed E-state index contributed by atoms with van der Waals surface area (Å²) in [5, 5.41) is 7.94. The molecule has 4 heteroatoms. The molecule has 3 N–H and O–H groups in total. The first-order valence-electron chi connectivity index (χ1n) is 1.75. The van der Waals surface area contributed by atoms with Crippen molar-refractivity contribution in [1.29, 1.82) is 0 Å². The molecule has 0 aromatic heterocycles. The Labute approximate surface area is 45.6 Å². The van der Waals surface area contributed by atoms with Gasteiger partial charge in [-0.3, -0.25) is 4.79 Å². The third-order valence-corrected chi connectivity index (χ3v) is 0.461. The number of nitrogens with two attached hydrogens (primary N) is 1. The SMILES string of the molecule is NC(=C[C]=O)C(=O)O. The average molecular weight is 114 g/mol. The van der Waals surface area contributed by atoms with Gasteiger partial charge in [0.15, 0.2) is 0 Å². The fourth-order valence-corrected chi connectivity index (χ4v) is 0.125. The number of rotatable bonds is 2. The largest absolute Gasteiger partial charge is 0.477 e. The van der Waals surface area contributed by atoms with Crippen LogP contribution in [0.5, 0.6) is 0 Å².